The van der Waals surface area contributed by atoms with Crippen LogP contribution >= 0.6 is 0 Å². The highest BCUT2D eigenvalue weighted by molar-refractivity contribution is 5.40. The summed E-state index contributed by atoms with van der Waals surface area (Å²) in [6.45, 7) is 2.82. The van der Waals surface area contributed by atoms with E-state index in [0.29, 0.717) is 19.1 Å². The molecule has 0 saturated heterocycles. The molecule has 2 aliphatic rings. The van der Waals surface area contributed by atoms with Gasteiger partial charge in [-0.05, 0) is 50.8 Å². The lowest BCUT2D eigenvalue weighted by Crippen LogP contribution is -2.39. The van der Waals surface area contributed by atoms with Gasteiger partial charge in [0.15, 0.2) is 11.5 Å². The van der Waals surface area contributed by atoms with Crippen LogP contribution in [0.2, 0.25) is 0 Å². The van der Waals surface area contributed by atoms with Crippen molar-refractivity contribution >= 4 is 0 Å². The molecule has 1 unspecified atom stereocenters. The number of hydrogen-bond donors (Lipinski definition) is 1. The first kappa shape index (κ1) is 17.1. The minimum Gasteiger partial charge on any atom is -0.486 e. The van der Waals surface area contributed by atoms with Crippen LogP contribution in [0.15, 0.2) is 30.5 Å². The average Bonchev–Trinajstić information content (AvgIpc) is 2.70. The van der Waals surface area contributed by atoms with E-state index in [9.17, 15) is 0 Å². The highest BCUT2D eigenvalue weighted by Gasteiger charge is 2.19. The summed E-state index contributed by atoms with van der Waals surface area (Å²) in [5.41, 5.74) is 2.25. The van der Waals surface area contributed by atoms with Gasteiger partial charge in [-0.2, -0.15) is 0 Å². The molecule has 0 fully saturated rings. The van der Waals surface area contributed by atoms with Crippen LogP contribution in [0.4, 0.5) is 0 Å². The second kappa shape index (κ2) is 8.36. The summed E-state index contributed by atoms with van der Waals surface area (Å²) in [4.78, 5) is 9.06. The maximum absolute atomic E-state index is 5.92. The van der Waals surface area contributed by atoms with Gasteiger partial charge in [-0.1, -0.05) is 12.1 Å². The van der Waals surface area contributed by atoms with E-state index in [-0.39, 0.29) is 6.10 Å². The SMILES string of the molecule is c1ccc2c(c1)OCC(CNCCCOc1cnc3c(n1)CCCC3)O2. The Morgan fingerprint density at radius 1 is 1.12 bits per heavy atom. The number of nitrogens with one attached hydrogen (secondary N) is 1. The molecule has 1 N–H and O–H groups in total. The van der Waals surface area contributed by atoms with Crippen LogP contribution in [-0.4, -0.2) is 42.4 Å². The van der Waals surface area contributed by atoms with Gasteiger partial charge in [0.1, 0.15) is 12.7 Å². The number of benzene rings is 1. The van der Waals surface area contributed by atoms with Crippen molar-refractivity contribution in [3.63, 3.8) is 0 Å². The van der Waals surface area contributed by atoms with Crippen molar-refractivity contribution in [1.29, 1.82) is 0 Å². The first-order valence-electron chi connectivity index (χ1n) is 9.45. The molecular formula is C20H25N3O3. The summed E-state index contributed by atoms with van der Waals surface area (Å²) in [6, 6.07) is 7.78. The molecule has 26 heavy (non-hydrogen) atoms. The van der Waals surface area contributed by atoms with Crippen molar-refractivity contribution in [1.82, 2.24) is 15.3 Å². The molecule has 6 heteroatoms. The predicted molar refractivity (Wildman–Crippen MR) is 98.0 cm³/mol. The number of rotatable bonds is 7. The van der Waals surface area contributed by atoms with E-state index in [2.05, 4.69) is 15.3 Å². The molecule has 2 aromatic rings. The Labute approximate surface area is 153 Å². The van der Waals surface area contributed by atoms with E-state index in [4.69, 9.17) is 14.2 Å². The van der Waals surface area contributed by atoms with E-state index in [1.165, 1.54) is 12.8 Å². The van der Waals surface area contributed by atoms with Gasteiger partial charge in [-0.15, -0.1) is 0 Å². The lowest BCUT2D eigenvalue weighted by Gasteiger charge is -2.26. The highest BCUT2D eigenvalue weighted by atomic mass is 16.6. The number of ether oxygens (including phenoxy) is 3. The summed E-state index contributed by atoms with van der Waals surface area (Å²) >= 11 is 0. The summed E-state index contributed by atoms with van der Waals surface area (Å²) in [6.07, 6.45) is 7.18. The maximum Gasteiger partial charge on any atom is 0.232 e. The highest BCUT2D eigenvalue weighted by Crippen LogP contribution is 2.30. The minimum atomic E-state index is 0.0392. The first-order chi connectivity index (χ1) is 12.9. The molecule has 0 radical (unpaired) electrons. The third-order valence-electron chi connectivity index (χ3n) is 4.67. The Morgan fingerprint density at radius 2 is 1.96 bits per heavy atom. The third-order valence-corrected chi connectivity index (χ3v) is 4.67. The zero-order valence-corrected chi connectivity index (χ0v) is 14.9. The Balaban J connectivity index is 1.13. The fourth-order valence-corrected chi connectivity index (χ4v) is 3.30. The van der Waals surface area contributed by atoms with Crippen LogP contribution in [0.25, 0.3) is 0 Å². The van der Waals surface area contributed by atoms with Crippen molar-refractivity contribution < 1.29 is 14.2 Å². The average molecular weight is 355 g/mol. The van der Waals surface area contributed by atoms with E-state index in [1.54, 1.807) is 6.20 Å². The Hall–Kier alpha value is -2.34. The normalized spacial score (nSPS) is 18.2. The number of para-hydroxylation sites is 2. The van der Waals surface area contributed by atoms with Crippen LogP contribution < -0.4 is 19.5 Å². The van der Waals surface area contributed by atoms with Gasteiger partial charge < -0.3 is 19.5 Å². The molecular weight excluding hydrogens is 330 g/mol. The molecule has 2 heterocycles. The van der Waals surface area contributed by atoms with Crippen LogP contribution in [0, 0.1) is 0 Å². The van der Waals surface area contributed by atoms with E-state index < -0.39 is 0 Å². The topological polar surface area (TPSA) is 65.5 Å². The van der Waals surface area contributed by atoms with Crippen LogP contribution in [-0.2, 0) is 12.8 Å². The number of nitrogens with zero attached hydrogens (tertiary/aromatic N) is 2. The van der Waals surface area contributed by atoms with Crippen LogP contribution in [0.1, 0.15) is 30.7 Å². The zero-order valence-electron chi connectivity index (χ0n) is 14.9. The molecule has 1 aromatic carbocycles. The number of aryl methyl sites for hydroxylation is 2. The molecule has 4 rings (SSSR count). The summed E-state index contributed by atoms with van der Waals surface area (Å²) in [7, 11) is 0. The fourth-order valence-electron chi connectivity index (χ4n) is 3.30. The smallest absolute Gasteiger partial charge is 0.232 e. The standard InChI is InChI=1S/C20H25N3O3/c1-2-7-17-16(6-1)22-13-20(23-17)24-11-5-10-21-12-15-14-25-18-8-3-4-9-19(18)26-15/h3-4,8-9,13,15,21H,1-2,5-7,10-12,14H2. The van der Waals surface area contributed by atoms with Gasteiger partial charge in [0.25, 0.3) is 0 Å². The number of hydrogen-bond acceptors (Lipinski definition) is 6. The minimum absolute atomic E-state index is 0.0392. The summed E-state index contributed by atoms with van der Waals surface area (Å²) < 4.78 is 17.4. The van der Waals surface area contributed by atoms with Gasteiger partial charge in [-0.25, -0.2) is 4.98 Å². The Morgan fingerprint density at radius 3 is 2.88 bits per heavy atom. The lowest BCUT2D eigenvalue weighted by atomic mass is 10.0. The monoisotopic (exact) mass is 355 g/mol. The second-order valence-electron chi connectivity index (χ2n) is 6.71. The van der Waals surface area contributed by atoms with Gasteiger partial charge >= 0.3 is 0 Å². The number of fused-ring (bicyclic) bond motifs is 2. The summed E-state index contributed by atoms with van der Waals surface area (Å²) in [5, 5.41) is 3.40. The maximum atomic E-state index is 5.92. The molecule has 138 valence electrons. The van der Waals surface area contributed by atoms with Gasteiger partial charge in [0.05, 0.1) is 24.2 Å². The molecule has 0 amide bonds. The molecule has 1 aromatic heterocycles. The van der Waals surface area contributed by atoms with Gasteiger partial charge in [0, 0.05) is 6.54 Å². The Kier molecular flexibility index (Phi) is 5.50. The molecule has 1 aliphatic heterocycles. The van der Waals surface area contributed by atoms with Gasteiger partial charge in [-0.3, -0.25) is 4.98 Å². The van der Waals surface area contributed by atoms with E-state index in [1.807, 2.05) is 24.3 Å². The van der Waals surface area contributed by atoms with Crippen molar-refractivity contribution in [2.75, 3.05) is 26.3 Å². The van der Waals surface area contributed by atoms with Crippen molar-refractivity contribution in [2.45, 2.75) is 38.2 Å². The van der Waals surface area contributed by atoms with Crippen molar-refractivity contribution in [3.05, 3.63) is 41.9 Å². The molecule has 0 bridgehead atoms. The predicted octanol–water partition coefficient (Wildman–Crippen LogP) is 2.55. The molecule has 1 aliphatic carbocycles. The first-order valence-corrected chi connectivity index (χ1v) is 9.45. The largest absolute Gasteiger partial charge is 0.486 e. The second-order valence-corrected chi connectivity index (χ2v) is 6.71. The molecule has 0 saturated carbocycles. The Bertz CT molecular complexity index is 738. The van der Waals surface area contributed by atoms with Crippen LogP contribution in [0.3, 0.4) is 0 Å². The fraction of sp³-hybridized carbons (Fsp3) is 0.500. The molecule has 6 nitrogen and oxygen atoms in total. The van der Waals surface area contributed by atoms with Gasteiger partial charge in [0.2, 0.25) is 5.88 Å². The van der Waals surface area contributed by atoms with E-state index >= 15 is 0 Å². The van der Waals surface area contributed by atoms with Crippen LogP contribution in [0.5, 0.6) is 17.4 Å². The van der Waals surface area contributed by atoms with Crippen molar-refractivity contribution in [2.24, 2.45) is 0 Å². The van der Waals surface area contributed by atoms with Crippen molar-refractivity contribution in [3.8, 4) is 17.4 Å². The lowest BCUT2D eigenvalue weighted by molar-refractivity contribution is 0.0902. The molecule has 1 atom stereocenters. The third kappa shape index (κ3) is 4.25. The zero-order chi connectivity index (χ0) is 17.6. The summed E-state index contributed by atoms with van der Waals surface area (Å²) in [5.74, 6) is 2.29. The number of aromatic nitrogens is 2. The quantitative estimate of drug-likeness (QED) is 0.770. The van der Waals surface area contributed by atoms with E-state index in [0.717, 1.165) is 55.2 Å². The molecule has 0 spiro atoms.